The zero-order valence-electron chi connectivity index (χ0n) is 17.8. The van der Waals surface area contributed by atoms with Crippen molar-refractivity contribution in [2.45, 2.75) is 25.9 Å². The smallest absolute Gasteiger partial charge is 0.252 e. The molecule has 0 N–H and O–H groups in total. The van der Waals surface area contributed by atoms with Crippen molar-refractivity contribution in [1.82, 2.24) is 4.98 Å². The van der Waals surface area contributed by atoms with E-state index in [2.05, 4.69) is 0 Å². The van der Waals surface area contributed by atoms with Crippen LogP contribution in [0.4, 0.5) is 5.13 Å². The summed E-state index contributed by atoms with van der Waals surface area (Å²) in [6.07, 6.45) is 5.31. The topological polar surface area (TPSA) is 70.1 Å². The Hall–Kier alpha value is -3.10. The number of amides is 1. The largest absolute Gasteiger partial charge is 0.492 e. The maximum absolute atomic E-state index is 13.3. The van der Waals surface area contributed by atoms with Crippen molar-refractivity contribution in [3.05, 3.63) is 48.0 Å². The first-order valence-electron chi connectivity index (χ1n) is 10.7. The second-order valence-electron chi connectivity index (χ2n) is 7.56. The van der Waals surface area contributed by atoms with Gasteiger partial charge < -0.3 is 18.9 Å². The van der Waals surface area contributed by atoms with Gasteiger partial charge in [0.25, 0.3) is 5.91 Å². The quantitative estimate of drug-likeness (QED) is 0.486. The minimum Gasteiger partial charge on any atom is -0.492 e. The molecule has 0 saturated carbocycles. The molecule has 8 heteroatoms. The van der Waals surface area contributed by atoms with E-state index in [0.717, 1.165) is 41.0 Å². The summed E-state index contributed by atoms with van der Waals surface area (Å²) >= 11 is 1.48. The van der Waals surface area contributed by atoms with E-state index in [9.17, 15) is 4.79 Å². The van der Waals surface area contributed by atoms with Crippen LogP contribution in [0.5, 0.6) is 17.2 Å². The number of benzene rings is 2. The number of rotatable bonds is 7. The van der Waals surface area contributed by atoms with E-state index in [0.29, 0.717) is 29.8 Å². The summed E-state index contributed by atoms with van der Waals surface area (Å²) in [6.45, 7) is 3.92. The van der Waals surface area contributed by atoms with Gasteiger partial charge in [-0.15, -0.1) is 0 Å². The Morgan fingerprint density at radius 3 is 3.03 bits per heavy atom. The van der Waals surface area contributed by atoms with Gasteiger partial charge in [0, 0.05) is 12.7 Å². The Labute approximate surface area is 190 Å². The van der Waals surface area contributed by atoms with Crippen LogP contribution < -0.4 is 19.1 Å². The molecule has 0 aliphatic carbocycles. The Morgan fingerprint density at radius 2 is 2.19 bits per heavy atom. The van der Waals surface area contributed by atoms with Crippen LogP contribution in [0.25, 0.3) is 16.3 Å². The molecule has 5 rings (SSSR count). The summed E-state index contributed by atoms with van der Waals surface area (Å²) in [7, 11) is 0. The first-order chi connectivity index (χ1) is 15.7. The van der Waals surface area contributed by atoms with Crippen LogP contribution in [-0.2, 0) is 9.53 Å². The highest BCUT2D eigenvalue weighted by Crippen LogP contribution is 2.35. The molecule has 7 nitrogen and oxygen atoms in total. The molecule has 1 atom stereocenters. The van der Waals surface area contributed by atoms with Crippen LogP contribution in [0.1, 0.15) is 25.3 Å². The highest BCUT2D eigenvalue weighted by molar-refractivity contribution is 7.22. The normalized spacial score (nSPS) is 17.3. The predicted octanol–water partition coefficient (Wildman–Crippen LogP) is 4.65. The van der Waals surface area contributed by atoms with Crippen molar-refractivity contribution in [3.8, 4) is 17.2 Å². The number of aromatic nitrogens is 1. The Bertz CT molecular complexity index is 1150. The lowest BCUT2D eigenvalue weighted by atomic mass is 10.2. The highest BCUT2D eigenvalue weighted by Gasteiger charge is 2.25. The Balaban J connectivity index is 1.43. The zero-order chi connectivity index (χ0) is 21.9. The fraction of sp³-hybridized carbons (Fsp3) is 0.333. The predicted molar refractivity (Wildman–Crippen MR) is 124 cm³/mol. The lowest BCUT2D eigenvalue weighted by Gasteiger charge is -2.21. The molecular formula is C24H24N2O5S. The van der Waals surface area contributed by atoms with E-state index in [1.54, 1.807) is 17.1 Å². The average molecular weight is 453 g/mol. The summed E-state index contributed by atoms with van der Waals surface area (Å²) in [6, 6.07) is 11.5. The van der Waals surface area contributed by atoms with Crippen LogP contribution >= 0.6 is 11.3 Å². The molecule has 2 aliphatic rings. The van der Waals surface area contributed by atoms with Gasteiger partial charge in [0.05, 0.1) is 24.0 Å². The number of carbonyl (C=O) groups is 1. The number of hydrogen-bond acceptors (Lipinski definition) is 7. The third kappa shape index (κ3) is 4.28. The fourth-order valence-electron chi connectivity index (χ4n) is 3.83. The van der Waals surface area contributed by atoms with Crippen molar-refractivity contribution in [1.29, 1.82) is 0 Å². The number of hydrogen-bond donors (Lipinski definition) is 0. The molecule has 1 unspecified atom stereocenters. The summed E-state index contributed by atoms with van der Waals surface area (Å²) in [5.74, 6) is 1.99. The molecule has 32 heavy (non-hydrogen) atoms. The van der Waals surface area contributed by atoms with E-state index >= 15 is 0 Å². The summed E-state index contributed by atoms with van der Waals surface area (Å²) in [4.78, 5) is 19.8. The van der Waals surface area contributed by atoms with Crippen molar-refractivity contribution in [2.24, 2.45) is 0 Å². The lowest BCUT2D eigenvalue weighted by Crippen LogP contribution is -2.36. The second-order valence-corrected chi connectivity index (χ2v) is 8.57. The van der Waals surface area contributed by atoms with Gasteiger partial charge in [0.1, 0.15) is 11.3 Å². The van der Waals surface area contributed by atoms with Crippen LogP contribution in [0.3, 0.4) is 0 Å². The number of ether oxygens (including phenoxy) is 4. The van der Waals surface area contributed by atoms with Crippen molar-refractivity contribution in [2.75, 3.05) is 31.5 Å². The third-order valence-corrected chi connectivity index (χ3v) is 6.44. The Kier molecular flexibility index (Phi) is 5.96. The number of fused-ring (bicyclic) bond motifs is 2. The van der Waals surface area contributed by atoms with E-state index in [1.807, 2.05) is 43.3 Å². The van der Waals surface area contributed by atoms with Crippen molar-refractivity contribution < 1.29 is 23.7 Å². The van der Waals surface area contributed by atoms with E-state index in [1.165, 1.54) is 11.3 Å². The van der Waals surface area contributed by atoms with E-state index in [4.69, 9.17) is 23.9 Å². The molecule has 0 spiro atoms. The third-order valence-electron chi connectivity index (χ3n) is 5.39. The SMILES string of the molecule is CCOc1cccc2sc(N(CC3CCCO3)C(=O)/C=C/c3ccc4c(c3)OCO4)nc12. The molecule has 3 heterocycles. The number of para-hydroxylation sites is 1. The molecule has 166 valence electrons. The maximum Gasteiger partial charge on any atom is 0.252 e. The number of anilines is 1. The first kappa shape index (κ1) is 20.8. The van der Waals surface area contributed by atoms with Crippen molar-refractivity contribution in [3.63, 3.8) is 0 Å². The molecule has 1 amide bonds. The van der Waals surface area contributed by atoms with E-state index in [-0.39, 0.29) is 18.8 Å². The maximum atomic E-state index is 13.3. The molecule has 1 fully saturated rings. The summed E-state index contributed by atoms with van der Waals surface area (Å²) in [5.41, 5.74) is 1.64. The molecule has 1 saturated heterocycles. The highest BCUT2D eigenvalue weighted by atomic mass is 32.1. The zero-order valence-corrected chi connectivity index (χ0v) is 18.6. The second kappa shape index (κ2) is 9.18. The summed E-state index contributed by atoms with van der Waals surface area (Å²) in [5, 5.41) is 0.642. The van der Waals surface area contributed by atoms with Gasteiger partial charge in [-0.1, -0.05) is 23.5 Å². The van der Waals surface area contributed by atoms with Gasteiger partial charge >= 0.3 is 0 Å². The molecule has 2 aromatic carbocycles. The van der Waals surface area contributed by atoms with Crippen molar-refractivity contribution >= 4 is 38.7 Å². The first-order valence-corrected chi connectivity index (χ1v) is 11.6. The molecule has 0 bridgehead atoms. The monoisotopic (exact) mass is 452 g/mol. The molecule has 0 radical (unpaired) electrons. The van der Waals surface area contributed by atoms with Gasteiger partial charge in [-0.25, -0.2) is 4.98 Å². The Morgan fingerprint density at radius 1 is 1.28 bits per heavy atom. The average Bonchev–Trinajstić information content (AvgIpc) is 3.56. The van der Waals surface area contributed by atoms with Gasteiger partial charge in [-0.05, 0) is 55.7 Å². The molecular weight excluding hydrogens is 428 g/mol. The minimum absolute atomic E-state index is 0.0104. The molecule has 3 aromatic rings. The van der Waals surface area contributed by atoms with Gasteiger partial charge in [0.15, 0.2) is 16.6 Å². The van der Waals surface area contributed by atoms with E-state index < -0.39 is 0 Å². The van der Waals surface area contributed by atoms with Crippen LogP contribution in [0.2, 0.25) is 0 Å². The minimum atomic E-state index is -0.143. The van der Waals surface area contributed by atoms with Crippen LogP contribution in [-0.4, -0.2) is 43.5 Å². The number of carbonyl (C=O) groups excluding carboxylic acids is 1. The lowest BCUT2D eigenvalue weighted by molar-refractivity contribution is -0.114. The number of nitrogens with zero attached hydrogens (tertiary/aromatic N) is 2. The fourth-order valence-corrected chi connectivity index (χ4v) is 4.83. The van der Waals surface area contributed by atoms with Crippen LogP contribution in [0, 0.1) is 0 Å². The standard InChI is InChI=1S/C24H24N2O5S/c1-2-28-19-6-3-7-21-23(19)25-24(32-21)26(14-17-5-4-12-29-17)22(27)11-9-16-8-10-18-20(13-16)31-15-30-18/h3,6-11,13,17H,2,4-5,12,14-15H2,1H3/b11-9+. The molecule has 1 aromatic heterocycles. The van der Waals surface area contributed by atoms with Crippen LogP contribution in [0.15, 0.2) is 42.5 Å². The van der Waals surface area contributed by atoms with Gasteiger partial charge in [-0.2, -0.15) is 0 Å². The van der Waals surface area contributed by atoms with Gasteiger partial charge in [0.2, 0.25) is 6.79 Å². The molecule has 2 aliphatic heterocycles. The summed E-state index contributed by atoms with van der Waals surface area (Å²) < 4.78 is 23.3. The van der Waals surface area contributed by atoms with Gasteiger partial charge in [-0.3, -0.25) is 9.69 Å². The number of thiazole rings is 1.